The van der Waals surface area contributed by atoms with Crippen molar-refractivity contribution in [1.29, 1.82) is 0 Å². The van der Waals surface area contributed by atoms with E-state index in [0.717, 1.165) is 6.07 Å². The van der Waals surface area contributed by atoms with Crippen LogP contribution in [0.15, 0.2) is 59.3 Å². The molecule has 0 saturated heterocycles. The highest BCUT2D eigenvalue weighted by Crippen LogP contribution is 2.31. The predicted octanol–water partition coefficient (Wildman–Crippen LogP) is 3.22. The maximum Gasteiger partial charge on any atom is 0.368 e. The summed E-state index contributed by atoms with van der Waals surface area (Å²) in [6.45, 7) is 0. The molecular formula is C18H11N3O7. The second kappa shape index (κ2) is 7.50. The SMILES string of the molecule is O=C1ON=C(/C=C/c2ccc([N+](=O)[O-])cc2)/C1=C/c1cccc([N+](=O)[O-])c1O. The van der Waals surface area contributed by atoms with Crippen LogP contribution in [-0.4, -0.2) is 26.6 Å². The highest BCUT2D eigenvalue weighted by molar-refractivity contribution is 6.30. The quantitative estimate of drug-likeness (QED) is 0.362. The molecule has 140 valence electrons. The van der Waals surface area contributed by atoms with Crippen LogP contribution in [0.5, 0.6) is 5.75 Å². The molecule has 0 unspecified atom stereocenters. The third-order valence-corrected chi connectivity index (χ3v) is 3.80. The minimum absolute atomic E-state index is 0.00559. The number of nitro groups is 2. The van der Waals surface area contributed by atoms with Gasteiger partial charge < -0.3 is 9.94 Å². The van der Waals surface area contributed by atoms with E-state index in [1.807, 2.05) is 0 Å². The van der Waals surface area contributed by atoms with Crippen molar-refractivity contribution in [2.45, 2.75) is 0 Å². The van der Waals surface area contributed by atoms with Gasteiger partial charge in [0, 0.05) is 23.8 Å². The lowest BCUT2D eigenvalue weighted by Crippen LogP contribution is -2.03. The summed E-state index contributed by atoms with van der Waals surface area (Å²) in [6, 6.07) is 9.59. The number of oxime groups is 1. The van der Waals surface area contributed by atoms with Crippen molar-refractivity contribution in [3.05, 3.63) is 85.5 Å². The zero-order valence-electron chi connectivity index (χ0n) is 14.0. The minimum atomic E-state index is -0.783. The number of phenolic OH excluding ortho intramolecular Hbond substituents is 1. The van der Waals surface area contributed by atoms with Crippen LogP contribution < -0.4 is 0 Å². The molecule has 2 aromatic carbocycles. The first kappa shape index (κ1) is 18.5. The van der Waals surface area contributed by atoms with Gasteiger partial charge in [0.15, 0.2) is 0 Å². The Morgan fingerprint density at radius 2 is 1.71 bits per heavy atom. The first-order chi connectivity index (χ1) is 13.4. The lowest BCUT2D eigenvalue weighted by molar-refractivity contribution is -0.385. The number of non-ortho nitro benzene ring substituents is 1. The molecule has 1 aliphatic rings. The Balaban J connectivity index is 1.89. The van der Waals surface area contributed by atoms with E-state index >= 15 is 0 Å². The minimum Gasteiger partial charge on any atom is -0.502 e. The number of allylic oxidation sites excluding steroid dienone is 1. The molecule has 1 N–H and O–H groups in total. The Kier molecular flexibility index (Phi) is 4.94. The number of aromatic hydroxyl groups is 1. The van der Waals surface area contributed by atoms with E-state index in [2.05, 4.69) is 9.99 Å². The fraction of sp³-hybridized carbons (Fsp3) is 0. The summed E-state index contributed by atoms with van der Waals surface area (Å²) in [5.74, 6) is -1.37. The molecule has 10 nitrogen and oxygen atoms in total. The Labute approximate surface area is 157 Å². The smallest absolute Gasteiger partial charge is 0.368 e. The second-order valence-electron chi connectivity index (χ2n) is 5.57. The molecule has 3 rings (SSSR count). The van der Waals surface area contributed by atoms with Crippen LogP contribution in [0.3, 0.4) is 0 Å². The number of rotatable bonds is 5. The van der Waals surface area contributed by atoms with E-state index in [0.29, 0.717) is 5.56 Å². The van der Waals surface area contributed by atoms with Crippen molar-refractivity contribution in [3.8, 4) is 5.75 Å². The van der Waals surface area contributed by atoms with Crippen LogP contribution in [-0.2, 0) is 9.63 Å². The Morgan fingerprint density at radius 1 is 1.00 bits per heavy atom. The van der Waals surface area contributed by atoms with Gasteiger partial charge in [0.05, 0.1) is 15.4 Å². The molecule has 0 aliphatic carbocycles. The molecule has 0 amide bonds. The van der Waals surface area contributed by atoms with E-state index in [4.69, 9.17) is 0 Å². The average Bonchev–Trinajstić information content (AvgIpc) is 3.01. The standard InChI is InChI=1S/C18H11N3O7/c22-17-12(2-1-3-16(17)21(26)27)10-14-15(19-28-18(14)23)9-6-11-4-7-13(8-5-11)20(24)25/h1-10,22H/b9-6+,14-10-. The molecule has 1 aliphatic heterocycles. The maximum atomic E-state index is 11.9. The number of carbonyl (C=O) groups is 1. The number of nitrogens with zero attached hydrogens (tertiary/aromatic N) is 3. The molecule has 10 heteroatoms. The van der Waals surface area contributed by atoms with Crippen LogP contribution in [0.1, 0.15) is 11.1 Å². The van der Waals surface area contributed by atoms with Gasteiger partial charge in [-0.25, -0.2) is 4.79 Å². The first-order valence-corrected chi connectivity index (χ1v) is 7.77. The highest BCUT2D eigenvalue weighted by atomic mass is 16.7. The fourth-order valence-corrected chi connectivity index (χ4v) is 2.40. The van der Waals surface area contributed by atoms with E-state index in [-0.39, 0.29) is 22.5 Å². The number of hydrogen-bond donors (Lipinski definition) is 1. The Morgan fingerprint density at radius 3 is 2.36 bits per heavy atom. The largest absolute Gasteiger partial charge is 0.502 e. The number of benzene rings is 2. The molecule has 0 atom stereocenters. The van der Waals surface area contributed by atoms with Gasteiger partial charge in [0.25, 0.3) is 5.69 Å². The number of carbonyl (C=O) groups excluding carboxylic acids is 1. The number of para-hydroxylation sites is 1. The molecule has 0 bridgehead atoms. The molecule has 0 radical (unpaired) electrons. The summed E-state index contributed by atoms with van der Waals surface area (Å²) in [4.78, 5) is 36.9. The summed E-state index contributed by atoms with van der Waals surface area (Å²) < 4.78 is 0. The number of hydrogen-bond acceptors (Lipinski definition) is 8. The monoisotopic (exact) mass is 381 g/mol. The molecular weight excluding hydrogens is 370 g/mol. The van der Waals surface area contributed by atoms with Gasteiger partial charge in [-0.1, -0.05) is 23.4 Å². The molecule has 1 heterocycles. The summed E-state index contributed by atoms with van der Waals surface area (Å²) in [6.07, 6.45) is 4.24. The van der Waals surface area contributed by atoms with Crippen molar-refractivity contribution >= 4 is 35.2 Å². The van der Waals surface area contributed by atoms with Gasteiger partial charge in [-0.2, -0.15) is 0 Å². The zero-order chi connectivity index (χ0) is 20.3. The Hall–Kier alpha value is -4.34. The molecule has 0 spiro atoms. The molecule has 28 heavy (non-hydrogen) atoms. The van der Waals surface area contributed by atoms with E-state index in [1.165, 1.54) is 48.6 Å². The highest BCUT2D eigenvalue weighted by Gasteiger charge is 2.25. The first-order valence-electron chi connectivity index (χ1n) is 7.77. The Bertz CT molecular complexity index is 1070. The van der Waals surface area contributed by atoms with Gasteiger partial charge in [-0.15, -0.1) is 0 Å². The second-order valence-corrected chi connectivity index (χ2v) is 5.57. The van der Waals surface area contributed by atoms with Crippen LogP contribution >= 0.6 is 0 Å². The maximum absolute atomic E-state index is 11.9. The van der Waals surface area contributed by atoms with Crippen molar-refractivity contribution in [3.63, 3.8) is 0 Å². The third kappa shape index (κ3) is 3.75. The normalized spacial score (nSPS) is 14.9. The van der Waals surface area contributed by atoms with Crippen molar-refractivity contribution in [1.82, 2.24) is 0 Å². The lowest BCUT2D eigenvalue weighted by Gasteiger charge is -2.01. The average molecular weight is 381 g/mol. The molecule has 0 saturated carbocycles. The number of nitro benzene ring substituents is 2. The van der Waals surface area contributed by atoms with E-state index in [9.17, 15) is 30.1 Å². The summed E-state index contributed by atoms with van der Waals surface area (Å²) in [5.41, 5.74) is 0.240. The number of phenols is 1. The topological polar surface area (TPSA) is 145 Å². The predicted molar refractivity (Wildman–Crippen MR) is 98.4 cm³/mol. The fourth-order valence-electron chi connectivity index (χ4n) is 2.40. The van der Waals surface area contributed by atoms with Gasteiger partial charge in [0.2, 0.25) is 5.75 Å². The van der Waals surface area contributed by atoms with Crippen LogP contribution in [0.25, 0.3) is 12.2 Å². The zero-order valence-corrected chi connectivity index (χ0v) is 14.0. The van der Waals surface area contributed by atoms with Gasteiger partial charge in [-0.05, 0) is 29.8 Å². The third-order valence-electron chi connectivity index (χ3n) is 3.80. The van der Waals surface area contributed by atoms with Crippen LogP contribution in [0.4, 0.5) is 11.4 Å². The van der Waals surface area contributed by atoms with Crippen molar-refractivity contribution in [2.24, 2.45) is 5.16 Å². The summed E-state index contributed by atoms with van der Waals surface area (Å²) in [7, 11) is 0. The molecule has 0 fully saturated rings. The van der Waals surface area contributed by atoms with E-state index < -0.39 is 27.3 Å². The lowest BCUT2D eigenvalue weighted by atomic mass is 10.0. The molecule has 2 aromatic rings. The van der Waals surface area contributed by atoms with Gasteiger partial charge in [-0.3, -0.25) is 20.2 Å². The summed E-state index contributed by atoms with van der Waals surface area (Å²) >= 11 is 0. The summed E-state index contributed by atoms with van der Waals surface area (Å²) in [5, 5.41) is 35.2. The molecule has 0 aromatic heterocycles. The van der Waals surface area contributed by atoms with Gasteiger partial charge >= 0.3 is 11.7 Å². The van der Waals surface area contributed by atoms with Crippen LogP contribution in [0.2, 0.25) is 0 Å². The van der Waals surface area contributed by atoms with E-state index in [1.54, 1.807) is 6.08 Å². The van der Waals surface area contributed by atoms with Gasteiger partial charge in [0.1, 0.15) is 5.71 Å². The van der Waals surface area contributed by atoms with Crippen molar-refractivity contribution in [2.75, 3.05) is 0 Å². The van der Waals surface area contributed by atoms with Crippen molar-refractivity contribution < 1.29 is 24.6 Å². The van der Waals surface area contributed by atoms with Crippen LogP contribution in [0, 0.1) is 20.2 Å².